The number of carbonyl (C=O) groups is 1. The van der Waals surface area contributed by atoms with E-state index in [1.54, 1.807) is 12.4 Å². The summed E-state index contributed by atoms with van der Waals surface area (Å²) in [5, 5.41) is 8.79. The van der Waals surface area contributed by atoms with Gasteiger partial charge in [-0.1, -0.05) is 54.6 Å². The average Bonchev–Trinajstić information content (AvgIpc) is 2.83. The molecule has 0 spiro atoms. The third-order valence-electron chi connectivity index (χ3n) is 5.32. The molecule has 2 aromatic heterocycles. The van der Waals surface area contributed by atoms with Crippen LogP contribution in [0.4, 0.5) is 0 Å². The monoisotopic (exact) mass is 410 g/mol. The highest BCUT2D eigenvalue weighted by Crippen LogP contribution is 2.24. The molecule has 2 heterocycles. The van der Waals surface area contributed by atoms with E-state index in [2.05, 4.69) is 44.9 Å². The molecule has 1 unspecified atom stereocenters. The van der Waals surface area contributed by atoms with E-state index in [4.69, 9.17) is 0 Å². The molecule has 5 heteroatoms. The summed E-state index contributed by atoms with van der Waals surface area (Å²) < 4.78 is 0. The van der Waals surface area contributed by atoms with Gasteiger partial charge in [0.1, 0.15) is 6.04 Å². The van der Waals surface area contributed by atoms with Crippen LogP contribution in [-0.2, 0) is 17.6 Å². The van der Waals surface area contributed by atoms with Gasteiger partial charge < -0.3 is 10.6 Å². The molecular weight excluding hydrogens is 384 g/mol. The molecule has 2 aromatic carbocycles. The summed E-state index contributed by atoms with van der Waals surface area (Å²) in [7, 11) is 0. The molecule has 1 amide bonds. The third kappa shape index (κ3) is 5.53. The number of carbonyl (C=O) groups excluding carboxylic acids is 1. The lowest BCUT2D eigenvalue weighted by Gasteiger charge is -2.21. The van der Waals surface area contributed by atoms with Crippen molar-refractivity contribution < 1.29 is 4.79 Å². The molecule has 2 N–H and O–H groups in total. The number of nitrogens with zero attached hydrogens (tertiary/aromatic N) is 2. The first-order valence-corrected chi connectivity index (χ1v) is 10.6. The van der Waals surface area contributed by atoms with Gasteiger partial charge in [0, 0.05) is 37.9 Å². The van der Waals surface area contributed by atoms with E-state index in [0.717, 1.165) is 40.3 Å². The highest BCUT2D eigenvalue weighted by Gasteiger charge is 2.21. The van der Waals surface area contributed by atoms with Gasteiger partial charge in [-0.25, -0.2) is 0 Å². The molecule has 4 rings (SSSR count). The zero-order chi connectivity index (χ0) is 21.3. The van der Waals surface area contributed by atoms with Crippen molar-refractivity contribution in [2.45, 2.75) is 18.9 Å². The molecule has 0 radical (unpaired) electrons. The van der Waals surface area contributed by atoms with Crippen LogP contribution in [0.5, 0.6) is 0 Å². The quantitative estimate of drug-likeness (QED) is 0.440. The maximum atomic E-state index is 13.2. The van der Waals surface area contributed by atoms with Gasteiger partial charge in [0.2, 0.25) is 5.91 Å². The van der Waals surface area contributed by atoms with Crippen molar-refractivity contribution in [3.63, 3.8) is 0 Å². The summed E-state index contributed by atoms with van der Waals surface area (Å²) in [5.41, 5.74) is 3.24. The fraction of sp³-hybridized carbons (Fsp3) is 0.192. The Morgan fingerprint density at radius 3 is 2.16 bits per heavy atom. The second kappa shape index (κ2) is 10.5. The number of rotatable bonds is 9. The van der Waals surface area contributed by atoms with Crippen molar-refractivity contribution in [1.82, 2.24) is 20.6 Å². The molecule has 4 aromatic rings. The molecular formula is C26H26N4O. The summed E-state index contributed by atoms with van der Waals surface area (Å²) in [5.74, 6) is -0.0218. The summed E-state index contributed by atoms with van der Waals surface area (Å²) in [6, 6.07) is 21.8. The predicted molar refractivity (Wildman–Crippen MR) is 124 cm³/mol. The van der Waals surface area contributed by atoms with Crippen molar-refractivity contribution in [3.05, 3.63) is 108 Å². The minimum Gasteiger partial charge on any atom is -0.354 e. The number of hydrogen-bond donors (Lipinski definition) is 2. The molecule has 1 atom stereocenters. The Balaban J connectivity index is 1.49. The molecule has 0 saturated heterocycles. The molecule has 0 aliphatic carbocycles. The Labute approximate surface area is 182 Å². The van der Waals surface area contributed by atoms with E-state index < -0.39 is 6.04 Å². The number of nitrogens with one attached hydrogen (secondary N) is 2. The van der Waals surface area contributed by atoms with Crippen LogP contribution < -0.4 is 10.6 Å². The molecule has 0 aliphatic rings. The fourth-order valence-corrected chi connectivity index (χ4v) is 3.73. The Kier molecular flexibility index (Phi) is 6.98. The maximum Gasteiger partial charge on any atom is 0.241 e. The van der Waals surface area contributed by atoms with Crippen molar-refractivity contribution in [2.75, 3.05) is 13.1 Å². The van der Waals surface area contributed by atoms with Gasteiger partial charge in [-0.3, -0.25) is 14.8 Å². The van der Waals surface area contributed by atoms with Crippen LogP contribution in [0.2, 0.25) is 0 Å². The van der Waals surface area contributed by atoms with Crippen molar-refractivity contribution in [3.8, 4) is 0 Å². The second-order valence-corrected chi connectivity index (χ2v) is 7.47. The zero-order valence-electron chi connectivity index (χ0n) is 17.4. The predicted octanol–water partition coefficient (Wildman–Crippen LogP) is 3.86. The summed E-state index contributed by atoms with van der Waals surface area (Å²) >= 11 is 0. The van der Waals surface area contributed by atoms with Gasteiger partial charge in [-0.2, -0.15) is 0 Å². The topological polar surface area (TPSA) is 66.9 Å². The smallest absolute Gasteiger partial charge is 0.241 e. The van der Waals surface area contributed by atoms with Gasteiger partial charge in [-0.05, 0) is 52.4 Å². The van der Waals surface area contributed by atoms with Gasteiger partial charge in [0.15, 0.2) is 0 Å². The normalized spacial score (nSPS) is 11.9. The van der Waals surface area contributed by atoms with Crippen LogP contribution in [0.15, 0.2) is 91.5 Å². The van der Waals surface area contributed by atoms with Crippen molar-refractivity contribution in [2.24, 2.45) is 0 Å². The van der Waals surface area contributed by atoms with Gasteiger partial charge in [-0.15, -0.1) is 0 Å². The van der Waals surface area contributed by atoms with E-state index in [9.17, 15) is 4.79 Å². The Hall–Kier alpha value is -3.57. The third-order valence-corrected chi connectivity index (χ3v) is 5.32. The Morgan fingerprint density at radius 2 is 1.45 bits per heavy atom. The van der Waals surface area contributed by atoms with E-state index in [-0.39, 0.29) is 5.91 Å². The molecule has 156 valence electrons. The van der Waals surface area contributed by atoms with Crippen LogP contribution in [0, 0.1) is 0 Å². The SMILES string of the molecule is O=C(NCCc1cccnc1)C(NCCc1cccnc1)c1cccc2ccccc12. The highest BCUT2D eigenvalue weighted by atomic mass is 16.2. The number of pyridine rings is 2. The van der Waals surface area contributed by atoms with E-state index >= 15 is 0 Å². The van der Waals surface area contributed by atoms with Crippen LogP contribution in [0.1, 0.15) is 22.7 Å². The first-order valence-electron chi connectivity index (χ1n) is 10.6. The van der Waals surface area contributed by atoms with Gasteiger partial charge >= 0.3 is 0 Å². The summed E-state index contributed by atoms with van der Waals surface area (Å²) in [6.45, 7) is 1.24. The number of hydrogen-bond acceptors (Lipinski definition) is 4. The van der Waals surface area contributed by atoms with Gasteiger partial charge in [0.05, 0.1) is 0 Å². The minimum absolute atomic E-state index is 0.0218. The van der Waals surface area contributed by atoms with E-state index in [0.29, 0.717) is 13.1 Å². The lowest BCUT2D eigenvalue weighted by Crippen LogP contribution is -2.39. The van der Waals surface area contributed by atoms with Crippen LogP contribution in [0.3, 0.4) is 0 Å². The largest absolute Gasteiger partial charge is 0.354 e. The fourth-order valence-electron chi connectivity index (χ4n) is 3.73. The molecule has 0 saturated carbocycles. The van der Waals surface area contributed by atoms with Crippen LogP contribution in [-0.4, -0.2) is 29.0 Å². The lowest BCUT2D eigenvalue weighted by molar-refractivity contribution is -0.123. The van der Waals surface area contributed by atoms with E-state index in [1.807, 2.05) is 54.9 Å². The van der Waals surface area contributed by atoms with Crippen LogP contribution >= 0.6 is 0 Å². The second-order valence-electron chi connectivity index (χ2n) is 7.47. The number of amides is 1. The summed E-state index contributed by atoms with van der Waals surface area (Å²) in [6.07, 6.45) is 8.77. The molecule has 5 nitrogen and oxygen atoms in total. The lowest BCUT2D eigenvalue weighted by atomic mass is 9.97. The summed E-state index contributed by atoms with van der Waals surface area (Å²) in [4.78, 5) is 21.5. The number of fused-ring (bicyclic) bond motifs is 1. The van der Waals surface area contributed by atoms with Crippen molar-refractivity contribution in [1.29, 1.82) is 0 Å². The number of benzene rings is 2. The number of aromatic nitrogens is 2. The Morgan fingerprint density at radius 1 is 0.774 bits per heavy atom. The highest BCUT2D eigenvalue weighted by molar-refractivity contribution is 5.92. The van der Waals surface area contributed by atoms with E-state index in [1.165, 1.54) is 0 Å². The first kappa shape index (κ1) is 20.7. The molecule has 0 bridgehead atoms. The van der Waals surface area contributed by atoms with Gasteiger partial charge in [0.25, 0.3) is 0 Å². The first-order chi connectivity index (χ1) is 15.3. The Bertz CT molecular complexity index is 1110. The maximum absolute atomic E-state index is 13.2. The van der Waals surface area contributed by atoms with Crippen LogP contribution in [0.25, 0.3) is 10.8 Å². The molecule has 0 fully saturated rings. The minimum atomic E-state index is -0.434. The molecule has 0 aliphatic heterocycles. The van der Waals surface area contributed by atoms with Crippen molar-refractivity contribution >= 4 is 16.7 Å². The standard InChI is InChI=1S/C26H26N4O/c31-26(30-17-13-21-7-5-15-28-19-21)25(29-16-12-20-6-4-14-27-18-20)24-11-3-9-22-8-1-2-10-23(22)24/h1-11,14-15,18-19,25,29H,12-13,16-17H2,(H,30,31). The zero-order valence-corrected chi connectivity index (χ0v) is 17.4. The average molecular weight is 411 g/mol. The molecule has 31 heavy (non-hydrogen) atoms.